The molecule has 0 saturated carbocycles. The van der Waals surface area contributed by atoms with Gasteiger partial charge >= 0.3 is 12.0 Å². The molecule has 2 N–H and O–H groups in total. The van der Waals surface area contributed by atoms with Crippen LogP contribution in [0.2, 0.25) is 0 Å². The predicted molar refractivity (Wildman–Crippen MR) is 110 cm³/mol. The molecule has 3 amide bonds. The summed E-state index contributed by atoms with van der Waals surface area (Å²) in [4.78, 5) is 43.2. The second-order valence-corrected chi connectivity index (χ2v) is 7.72. The van der Waals surface area contributed by atoms with Crippen LogP contribution in [0.5, 0.6) is 0 Å². The Kier molecular flexibility index (Phi) is 8.06. The highest BCUT2D eigenvalue weighted by Crippen LogP contribution is 2.18. The SMILES string of the molecule is CCOC(=O)C1=C(CN2CCN(CC(=O)N3CCOCC3)CC2)NC(=O)NC1CC. The summed E-state index contributed by atoms with van der Waals surface area (Å²) in [5.41, 5.74) is 1.12. The van der Waals surface area contributed by atoms with Crippen LogP contribution in [0.4, 0.5) is 4.79 Å². The number of nitrogens with one attached hydrogen (secondary N) is 2. The summed E-state index contributed by atoms with van der Waals surface area (Å²) in [5, 5.41) is 5.60. The van der Waals surface area contributed by atoms with Gasteiger partial charge in [0.25, 0.3) is 0 Å². The van der Waals surface area contributed by atoms with Crippen LogP contribution in [-0.2, 0) is 19.1 Å². The molecule has 3 rings (SSSR count). The van der Waals surface area contributed by atoms with Crippen LogP contribution in [0.15, 0.2) is 11.3 Å². The minimum Gasteiger partial charge on any atom is -0.463 e. The van der Waals surface area contributed by atoms with Crippen molar-refractivity contribution in [2.24, 2.45) is 0 Å². The molecule has 1 atom stereocenters. The first-order valence-electron chi connectivity index (χ1n) is 10.8. The molecule has 0 aromatic carbocycles. The molecule has 0 aromatic rings. The van der Waals surface area contributed by atoms with Crippen molar-refractivity contribution in [3.8, 4) is 0 Å². The Morgan fingerprint density at radius 1 is 1.07 bits per heavy atom. The molecule has 0 spiro atoms. The molecular weight excluding hydrogens is 390 g/mol. The van der Waals surface area contributed by atoms with E-state index in [4.69, 9.17) is 9.47 Å². The van der Waals surface area contributed by atoms with E-state index in [1.54, 1.807) is 6.92 Å². The Hall–Kier alpha value is -2.17. The zero-order chi connectivity index (χ0) is 21.5. The lowest BCUT2D eigenvalue weighted by Crippen LogP contribution is -2.55. The third-order valence-corrected chi connectivity index (χ3v) is 5.72. The van der Waals surface area contributed by atoms with Crippen molar-refractivity contribution in [3.05, 3.63) is 11.3 Å². The summed E-state index contributed by atoms with van der Waals surface area (Å²) < 4.78 is 10.5. The van der Waals surface area contributed by atoms with Gasteiger partial charge < -0.3 is 25.0 Å². The molecule has 0 radical (unpaired) electrons. The van der Waals surface area contributed by atoms with E-state index in [9.17, 15) is 14.4 Å². The number of carbonyl (C=O) groups is 3. The molecular formula is C20H33N5O5. The average molecular weight is 424 g/mol. The summed E-state index contributed by atoms with van der Waals surface area (Å²) >= 11 is 0. The lowest BCUT2D eigenvalue weighted by atomic mass is 10.00. The third kappa shape index (κ3) is 5.71. The summed E-state index contributed by atoms with van der Waals surface area (Å²) in [7, 11) is 0. The van der Waals surface area contributed by atoms with E-state index in [0.717, 1.165) is 26.2 Å². The van der Waals surface area contributed by atoms with Crippen LogP contribution in [0.3, 0.4) is 0 Å². The number of morpholine rings is 1. The summed E-state index contributed by atoms with van der Waals surface area (Å²) in [5.74, 6) is -0.239. The van der Waals surface area contributed by atoms with E-state index >= 15 is 0 Å². The average Bonchev–Trinajstić information content (AvgIpc) is 2.75. The highest BCUT2D eigenvalue weighted by Gasteiger charge is 2.33. The van der Waals surface area contributed by atoms with Crippen molar-refractivity contribution < 1.29 is 23.9 Å². The van der Waals surface area contributed by atoms with Crippen molar-refractivity contribution in [2.45, 2.75) is 26.3 Å². The van der Waals surface area contributed by atoms with Gasteiger partial charge in [-0.3, -0.25) is 14.6 Å². The minimum absolute atomic E-state index is 0.149. The van der Waals surface area contributed by atoms with Crippen molar-refractivity contribution in [1.29, 1.82) is 0 Å². The van der Waals surface area contributed by atoms with Gasteiger partial charge in [-0.1, -0.05) is 6.92 Å². The number of rotatable bonds is 7. The van der Waals surface area contributed by atoms with E-state index in [1.807, 2.05) is 11.8 Å². The first kappa shape index (κ1) is 22.5. The van der Waals surface area contributed by atoms with Gasteiger partial charge in [-0.2, -0.15) is 0 Å². The smallest absolute Gasteiger partial charge is 0.337 e. The molecule has 10 nitrogen and oxygen atoms in total. The van der Waals surface area contributed by atoms with Crippen molar-refractivity contribution >= 4 is 17.9 Å². The molecule has 10 heteroatoms. The zero-order valence-electron chi connectivity index (χ0n) is 17.9. The Morgan fingerprint density at radius 3 is 2.37 bits per heavy atom. The van der Waals surface area contributed by atoms with Gasteiger partial charge in [0.15, 0.2) is 0 Å². The van der Waals surface area contributed by atoms with Gasteiger partial charge in [-0.05, 0) is 13.3 Å². The lowest BCUT2D eigenvalue weighted by Gasteiger charge is -2.37. The second kappa shape index (κ2) is 10.7. The maximum atomic E-state index is 12.5. The summed E-state index contributed by atoms with van der Waals surface area (Å²) in [6.45, 7) is 10.5. The molecule has 3 aliphatic heterocycles. The molecule has 30 heavy (non-hydrogen) atoms. The van der Waals surface area contributed by atoms with Gasteiger partial charge in [0.1, 0.15) is 0 Å². The van der Waals surface area contributed by atoms with Gasteiger partial charge in [0.2, 0.25) is 5.91 Å². The number of carbonyl (C=O) groups excluding carboxylic acids is 3. The molecule has 0 aromatic heterocycles. The Balaban J connectivity index is 1.57. The monoisotopic (exact) mass is 423 g/mol. The van der Waals surface area contributed by atoms with Gasteiger partial charge in [0.05, 0.1) is 38.0 Å². The Bertz CT molecular complexity index is 668. The summed E-state index contributed by atoms with van der Waals surface area (Å²) in [6, 6.07) is -0.639. The fourth-order valence-electron chi connectivity index (χ4n) is 4.02. The van der Waals surface area contributed by atoms with Crippen LogP contribution in [0.25, 0.3) is 0 Å². The number of piperazine rings is 1. The van der Waals surface area contributed by atoms with Gasteiger partial charge in [0, 0.05) is 51.5 Å². The molecule has 0 aliphatic carbocycles. The zero-order valence-corrected chi connectivity index (χ0v) is 17.9. The number of esters is 1. The normalized spacial score (nSPS) is 23.7. The van der Waals surface area contributed by atoms with Crippen LogP contribution in [0, 0.1) is 0 Å². The standard InChI is InChI=1S/C20H33N5O5/c1-3-15-18(19(27)30-4-2)16(22-20(28)21-15)13-23-5-7-24(8-6-23)14-17(26)25-9-11-29-12-10-25/h15H,3-14H2,1-2H3,(H2,21,22,28). The number of nitrogens with zero attached hydrogens (tertiary/aromatic N) is 3. The van der Waals surface area contributed by atoms with Crippen LogP contribution >= 0.6 is 0 Å². The molecule has 1 unspecified atom stereocenters. The quantitative estimate of drug-likeness (QED) is 0.526. The molecule has 2 saturated heterocycles. The lowest BCUT2D eigenvalue weighted by molar-refractivity contribution is -0.139. The van der Waals surface area contributed by atoms with Crippen LogP contribution in [0.1, 0.15) is 20.3 Å². The molecule has 0 bridgehead atoms. The third-order valence-electron chi connectivity index (χ3n) is 5.72. The number of hydrogen-bond donors (Lipinski definition) is 2. The number of urea groups is 1. The van der Waals surface area contributed by atoms with E-state index < -0.39 is 0 Å². The van der Waals surface area contributed by atoms with Crippen molar-refractivity contribution in [1.82, 2.24) is 25.3 Å². The molecule has 3 heterocycles. The van der Waals surface area contributed by atoms with Crippen LogP contribution < -0.4 is 10.6 Å². The Morgan fingerprint density at radius 2 is 1.73 bits per heavy atom. The maximum absolute atomic E-state index is 12.5. The number of hydrogen-bond acceptors (Lipinski definition) is 7. The summed E-state index contributed by atoms with van der Waals surface area (Å²) in [6.07, 6.45) is 0.614. The fraction of sp³-hybridized carbons (Fsp3) is 0.750. The van der Waals surface area contributed by atoms with Crippen molar-refractivity contribution in [3.63, 3.8) is 0 Å². The predicted octanol–water partition coefficient (Wildman–Crippen LogP) is -0.629. The van der Waals surface area contributed by atoms with E-state index in [-0.39, 0.29) is 30.6 Å². The Labute approximate surface area is 177 Å². The van der Waals surface area contributed by atoms with E-state index in [2.05, 4.69) is 20.4 Å². The fourth-order valence-corrected chi connectivity index (χ4v) is 4.02. The second-order valence-electron chi connectivity index (χ2n) is 7.72. The van der Waals surface area contributed by atoms with Crippen molar-refractivity contribution in [2.75, 3.05) is 72.2 Å². The molecule has 168 valence electrons. The number of ether oxygens (including phenoxy) is 2. The van der Waals surface area contributed by atoms with E-state index in [1.165, 1.54) is 0 Å². The largest absolute Gasteiger partial charge is 0.463 e. The van der Waals surface area contributed by atoms with Crippen LogP contribution in [-0.4, -0.2) is 111 Å². The highest BCUT2D eigenvalue weighted by molar-refractivity contribution is 5.94. The first-order chi connectivity index (χ1) is 14.5. The highest BCUT2D eigenvalue weighted by atomic mass is 16.5. The maximum Gasteiger partial charge on any atom is 0.337 e. The minimum atomic E-state index is -0.387. The van der Waals surface area contributed by atoms with E-state index in [0.29, 0.717) is 57.1 Å². The van der Waals surface area contributed by atoms with Gasteiger partial charge in [-0.25, -0.2) is 9.59 Å². The molecule has 2 fully saturated rings. The topological polar surface area (TPSA) is 103 Å². The van der Waals surface area contributed by atoms with Gasteiger partial charge in [-0.15, -0.1) is 0 Å². The first-order valence-corrected chi connectivity index (χ1v) is 10.8. The molecule has 3 aliphatic rings. The number of amides is 3.